The largest absolute Gasteiger partial charge is 0.352 e. The minimum Gasteiger partial charge on any atom is -0.352 e. The third kappa shape index (κ3) is 5.23. The van der Waals surface area contributed by atoms with Crippen molar-refractivity contribution in [3.63, 3.8) is 0 Å². The first-order valence-electron chi connectivity index (χ1n) is 9.36. The van der Waals surface area contributed by atoms with E-state index in [9.17, 15) is 9.59 Å². The summed E-state index contributed by atoms with van der Waals surface area (Å²) in [6.45, 7) is 4.57. The third-order valence-corrected chi connectivity index (χ3v) is 4.90. The molecule has 3 aromatic rings. The van der Waals surface area contributed by atoms with Gasteiger partial charge >= 0.3 is 0 Å². The van der Waals surface area contributed by atoms with Gasteiger partial charge in [-0.3, -0.25) is 9.59 Å². The van der Waals surface area contributed by atoms with Crippen LogP contribution < -0.4 is 10.6 Å². The Kier molecular flexibility index (Phi) is 6.67. The highest BCUT2D eigenvalue weighted by Crippen LogP contribution is 2.17. The molecule has 0 saturated carbocycles. The highest BCUT2D eigenvalue weighted by atomic mass is 35.5. The van der Waals surface area contributed by atoms with Crippen molar-refractivity contribution in [2.45, 2.75) is 26.8 Å². The van der Waals surface area contributed by atoms with Crippen molar-refractivity contribution in [1.82, 2.24) is 20.4 Å². The quantitative estimate of drug-likeness (QED) is 0.625. The van der Waals surface area contributed by atoms with Gasteiger partial charge in [0.25, 0.3) is 5.91 Å². The first kappa shape index (κ1) is 20.6. The van der Waals surface area contributed by atoms with Gasteiger partial charge in [-0.25, -0.2) is 4.68 Å². The first-order chi connectivity index (χ1) is 14.0. The van der Waals surface area contributed by atoms with Crippen LogP contribution in [0.25, 0.3) is 5.69 Å². The Morgan fingerprint density at radius 3 is 2.38 bits per heavy atom. The molecule has 0 aliphatic heterocycles. The van der Waals surface area contributed by atoms with Gasteiger partial charge in [0.2, 0.25) is 5.91 Å². The Morgan fingerprint density at radius 2 is 1.69 bits per heavy atom. The second-order valence-corrected chi connectivity index (χ2v) is 7.12. The molecule has 7 heteroatoms. The lowest BCUT2D eigenvalue weighted by Crippen LogP contribution is -2.30. The summed E-state index contributed by atoms with van der Waals surface area (Å²) in [5.74, 6) is -0.363. The number of rotatable bonds is 7. The fourth-order valence-corrected chi connectivity index (χ4v) is 3.15. The molecular formula is C22H23ClN4O2. The molecule has 0 unspecified atom stereocenters. The third-order valence-electron chi connectivity index (χ3n) is 4.65. The van der Waals surface area contributed by atoms with E-state index in [0.29, 0.717) is 17.1 Å². The van der Waals surface area contributed by atoms with E-state index >= 15 is 0 Å². The molecule has 2 aromatic carbocycles. The van der Waals surface area contributed by atoms with E-state index in [4.69, 9.17) is 11.6 Å². The Labute approximate surface area is 174 Å². The van der Waals surface area contributed by atoms with Crippen LogP contribution in [0.4, 0.5) is 0 Å². The standard InChI is InChI=1S/C22H23ClN4O2/c1-15-20(16(2)27(26-15)19-6-4-3-5-7-19)14-25-21(28)12-13-24-22(29)17-8-10-18(23)11-9-17/h3-11H,12-14H2,1-2H3,(H,24,29)(H,25,28). The van der Waals surface area contributed by atoms with Crippen LogP contribution in [0.5, 0.6) is 0 Å². The van der Waals surface area contributed by atoms with Gasteiger partial charge in [0, 0.05) is 41.4 Å². The maximum Gasteiger partial charge on any atom is 0.251 e. The van der Waals surface area contributed by atoms with Crippen molar-refractivity contribution >= 4 is 23.4 Å². The minimum atomic E-state index is -0.231. The van der Waals surface area contributed by atoms with Crippen LogP contribution in [-0.2, 0) is 11.3 Å². The molecule has 29 heavy (non-hydrogen) atoms. The summed E-state index contributed by atoms with van der Waals surface area (Å²) in [6, 6.07) is 16.5. The van der Waals surface area contributed by atoms with Crippen LogP contribution in [0.1, 0.15) is 33.7 Å². The smallest absolute Gasteiger partial charge is 0.251 e. The van der Waals surface area contributed by atoms with Crippen molar-refractivity contribution in [2.24, 2.45) is 0 Å². The number of aryl methyl sites for hydroxylation is 1. The summed E-state index contributed by atoms with van der Waals surface area (Å²) in [7, 11) is 0. The summed E-state index contributed by atoms with van der Waals surface area (Å²) in [6.07, 6.45) is 0.199. The maximum atomic E-state index is 12.2. The molecule has 6 nitrogen and oxygen atoms in total. The van der Waals surface area contributed by atoms with E-state index in [1.54, 1.807) is 24.3 Å². The predicted molar refractivity (Wildman–Crippen MR) is 113 cm³/mol. The molecule has 0 atom stereocenters. The number of amides is 2. The van der Waals surface area contributed by atoms with Crippen molar-refractivity contribution in [3.05, 3.63) is 82.1 Å². The molecular weight excluding hydrogens is 388 g/mol. The average molecular weight is 411 g/mol. The number of aromatic nitrogens is 2. The fourth-order valence-electron chi connectivity index (χ4n) is 3.02. The maximum absolute atomic E-state index is 12.2. The molecule has 0 radical (unpaired) electrons. The highest BCUT2D eigenvalue weighted by molar-refractivity contribution is 6.30. The van der Waals surface area contributed by atoms with E-state index in [0.717, 1.165) is 22.6 Å². The van der Waals surface area contributed by atoms with Crippen LogP contribution in [-0.4, -0.2) is 28.1 Å². The van der Waals surface area contributed by atoms with Crippen molar-refractivity contribution < 1.29 is 9.59 Å². The van der Waals surface area contributed by atoms with E-state index < -0.39 is 0 Å². The van der Waals surface area contributed by atoms with E-state index in [1.807, 2.05) is 48.9 Å². The Bertz CT molecular complexity index is 998. The Balaban J connectivity index is 1.50. The van der Waals surface area contributed by atoms with Crippen molar-refractivity contribution in [3.8, 4) is 5.69 Å². The molecule has 2 N–H and O–H groups in total. The number of benzene rings is 2. The predicted octanol–water partition coefficient (Wildman–Crippen LogP) is 3.58. The number of nitrogens with zero attached hydrogens (tertiary/aromatic N) is 2. The van der Waals surface area contributed by atoms with Crippen molar-refractivity contribution in [2.75, 3.05) is 6.54 Å². The van der Waals surface area contributed by atoms with E-state index in [1.165, 1.54) is 0 Å². The second kappa shape index (κ2) is 9.39. The zero-order chi connectivity index (χ0) is 20.8. The number of para-hydroxylation sites is 1. The van der Waals surface area contributed by atoms with Gasteiger partial charge in [-0.05, 0) is 50.2 Å². The summed E-state index contributed by atoms with van der Waals surface area (Å²) in [4.78, 5) is 24.2. The molecule has 3 rings (SSSR count). The molecule has 0 spiro atoms. The number of halogens is 1. The Morgan fingerprint density at radius 1 is 1.00 bits per heavy atom. The summed E-state index contributed by atoms with van der Waals surface area (Å²) < 4.78 is 1.88. The van der Waals surface area contributed by atoms with Gasteiger partial charge < -0.3 is 10.6 Å². The monoisotopic (exact) mass is 410 g/mol. The van der Waals surface area contributed by atoms with Crippen LogP contribution in [0.3, 0.4) is 0 Å². The molecule has 0 aliphatic carbocycles. The summed E-state index contributed by atoms with van der Waals surface area (Å²) in [5.41, 5.74) is 4.35. The molecule has 0 saturated heterocycles. The van der Waals surface area contributed by atoms with Crippen LogP contribution in [0.2, 0.25) is 5.02 Å². The molecule has 1 aromatic heterocycles. The van der Waals surface area contributed by atoms with E-state index in [-0.39, 0.29) is 24.8 Å². The lowest BCUT2D eigenvalue weighted by atomic mass is 10.2. The molecule has 2 amide bonds. The lowest BCUT2D eigenvalue weighted by molar-refractivity contribution is -0.121. The van der Waals surface area contributed by atoms with Gasteiger partial charge in [-0.1, -0.05) is 29.8 Å². The summed E-state index contributed by atoms with van der Waals surface area (Å²) >= 11 is 5.82. The normalized spacial score (nSPS) is 10.6. The number of carbonyl (C=O) groups excluding carboxylic acids is 2. The number of hydrogen-bond acceptors (Lipinski definition) is 3. The van der Waals surface area contributed by atoms with Gasteiger partial charge in [-0.2, -0.15) is 5.10 Å². The Hall–Kier alpha value is -3.12. The van der Waals surface area contributed by atoms with Gasteiger partial charge in [-0.15, -0.1) is 0 Å². The molecule has 0 aliphatic rings. The lowest BCUT2D eigenvalue weighted by Gasteiger charge is -2.08. The SMILES string of the molecule is Cc1nn(-c2ccccc2)c(C)c1CNC(=O)CCNC(=O)c1ccc(Cl)cc1. The van der Waals surface area contributed by atoms with Crippen LogP contribution in [0.15, 0.2) is 54.6 Å². The number of carbonyl (C=O) groups is 2. The topological polar surface area (TPSA) is 76.0 Å². The summed E-state index contributed by atoms with van der Waals surface area (Å²) in [5, 5.41) is 10.8. The van der Waals surface area contributed by atoms with Crippen LogP contribution >= 0.6 is 11.6 Å². The highest BCUT2D eigenvalue weighted by Gasteiger charge is 2.14. The first-order valence-corrected chi connectivity index (χ1v) is 9.74. The number of nitrogens with one attached hydrogen (secondary N) is 2. The van der Waals surface area contributed by atoms with Crippen molar-refractivity contribution in [1.29, 1.82) is 0 Å². The molecule has 0 fully saturated rings. The molecule has 1 heterocycles. The van der Waals surface area contributed by atoms with Gasteiger partial charge in [0.1, 0.15) is 0 Å². The zero-order valence-electron chi connectivity index (χ0n) is 16.4. The minimum absolute atomic E-state index is 0.132. The fraction of sp³-hybridized carbons (Fsp3) is 0.227. The molecule has 0 bridgehead atoms. The van der Waals surface area contributed by atoms with E-state index in [2.05, 4.69) is 15.7 Å². The zero-order valence-corrected chi connectivity index (χ0v) is 17.2. The average Bonchev–Trinajstić information content (AvgIpc) is 3.01. The van der Waals surface area contributed by atoms with Gasteiger partial charge in [0.05, 0.1) is 11.4 Å². The second-order valence-electron chi connectivity index (χ2n) is 6.69. The van der Waals surface area contributed by atoms with Crippen LogP contribution in [0, 0.1) is 13.8 Å². The van der Waals surface area contributed by atoms with Gasteiger partial charge in [0.15, 0.2) is 0 Å². The molecule has 150 valence electrons. The number of hydrogen-bond donors (Lipinski definition) is 2.